The first-order chi connectivity index (χ1) is 9.83. The molecule has 4 rings (SSSR count). The Balaban J connectivity index is 0.00000132. The molecule has 21 heavy (non-hydrogen) atoms. The van der Waals surface area contributed by atoms with Crippen molar-refractivity contribution < 1.29 is 0 Å². The summed E-state index contributed by atoms with van der Waals surface area (Å²) >= 11 is 0. The molecule has 2 aromatic heterocycles. The zero-order valence-corrected chi connectivity index (χ0v) is 12.5. The highest BCUT2D eigenvalue weighted by atomic mass is 35.5. The average molecular weight is 302 g/mol. The van der Waals surface area contributed by atoms with E-state index in [-0.39, 0.29) is 18.4 Å². The van der Waals surface area contributed by atoms with Crippen LogP contribution in [0, 0.1) is 0 Å². The maximum atomic E-state index is 4.71. The maximum Gasteiger partial charge on any atom is 0.182 e. The van der Waals surface area contributed by atoms with Crippen LogP contribution >= 0.6 is 12.4 Å². The SMILES string of the molecule is CC1NCCn2c(-c3ccc4ccccc4n3)nnc21.Cl. The molecular weight excluding hydrogens is 286 g/mol. The van der Waals surface area contributed by atoms with Crippen LogP contribution in [0.25, 0.3) is 22.4 Å². The van der Waals surface area contributed by atoms with Crippen molar-refractivity contribution in [2.75, 3.05) is 6.54 Å². The van der Waals surface area contributed by atoms with Gasteiger partial charge in [-0.05, 0) is 19.1 Å². The molecule has 1 atom stereocenters. The van der Waals surface area contributed by atoms with Crippen LogP contribution in [-0.2, 0) is 6.54 Å². The number of para-hydroxylation sites is 1. The number of rotatable bonds is 1. The Kier molecular flexibility index (Phi) is 3.61. The third kappa shape index (κ3) is 2.28. The minimum Gasteiger partial charge on any atom is -0.307 e. The van der Waals surface area contributed by atoms with Crippen molar-refractivity contribution in [1.82, 2.24) is 25.1 Å². The second-order valence-electron chi connectivity index (χ2n) is 5.10. The van der Waals surface area contributed by atoms with Gasteiger partial charge in [0.2, 0.25) is 0 Å². The smallest absolute Gasteiger partial charge is 0.182 e. The quantitative estimate of drug-likeness (QED) is 0.750. The highest BCUT2D eigenvalue weighted by Crippen LogP contribution is 2.23. The van der Waals surface area contributed by atoms with Gasteiger partial charge in [0.25, 0.3) is 0 Å². The number of nitrogens with zero attached hydrogens (tertiary/aromatic N) is 4. The summed E-state index contributed by atoms with van der Waals surface area (Å²) in [6, 6.07) is 12.5. The van der Waals surface area contributed by atoms with Crippen molar-refractivity contribution >= 4 is 23.3 Å². The number of aromatic nitrogens is 4. The van der Waals surface area contributed by atoms with E-state index in [1.54, 1.807) is 0 Å². The molecule has 0 aliphatic carbocycles. The Hall–Kier alpha value is -1.98. The summed E-state index contributed by atoms with van der Waals surface area (Å²) in [6.07, 6.45) is 0. The number of hydrogen-bond acceptors (Lipinski definition) is 4. The highest BCUT2D eigenvalue weighted by molar-refractivity contribution is 5.85. The molecule has 108 valence electrons. The summed E-state index contributed by atoms with van der Waals surface area (Å²) in [6.45, 7) is 3.93. The first-order valence-electron chi connectivity index (χ1n) is 6.85. The van der Waals surface area contributed by atoms with Gasteiger partial charge in [0.1, 0.15) is 11.5 Å². The molecule has 0 saturated carbocycles. The van der Waals surface area contributed by atoms with E-state index in [9.17, 15) is 0 Å². The first-order valence-corrected chi connectivity index (χ1v) is 6.85. The average Bonchev–Trinajstić information content (AvgIpc) is 2.92. The predicted molar refractivity (Wildman–Crippen MR) is 84.4 cm³/mol. The zero-order valence-electron chi connectivity index (χ0n) is 11.7. The van der Waals surface area contributed by atoms with Crippen LogP contribution in [0.5, 0.6) is 0 Å². The summed E-state index contributed by atoms with van der Waals surface area (Å²) in [7, 11) is 0. The molecular formula is C15H16ClN5. The molecule has 1 aliphatic rings. The summed E-state index contributed by atoms with van der Waals surface area (Å²) in [5, 5.41) is 13.2. The summed E-state index contributed by atoms with van der Waals surface area (Å²) in [5.74, 6) is 1.85. The highest BCUT2D eigenvalue weighted by Gasteiger charge is 2.22. The number of nitrogens with one attached hydrogen (secondary N) is 1. The van der Waals surface area contributed by atoms with Crippen LogP contribution in [0.4, 0.5) is 0 Å². The van der Waals surface area contributed by atoms with Crippen LogP contribution in [-0.4, -0.2) is 26.3 Å². The molecule has 0 radical (unpaired) electrons. The molecule has 0 saturated heterocycles. The molecule has 0 bridgehead atoms. The number of fused-ring (bicyclic) bond motifs is 2. The van der Waals surface area contributed by atoms with E-state index in [0.717, 1.165) is 41.3 Å². The fourth-order valence-electron chi connectivity index (χ4n) is 2.72. The number of hydrogen-bond donors (Lipinski definition) is 1. The topological polar surface area (TPSA) is 55.6 Å². The molecule has 0 fully saturated rings. The van der Waals surface area contributed by atoms with Crippen molar-refractivity contribution in [2.45, 2.75) is 19.5 Å². The van der Waals surface area contributed by atoms with Gasteiger partial charge < -0.3 is 9.88 Å². The zero-order chi connectivity index (χ0) is 13.5. The lowest BCUT2D eigenvalue weighted by molar-refractivity contribution is 0.439. The van der Waals surface area contributed by atoms with Crippen molar-refractivity contribution in [2.24, 2.45) is 0 Å². The first kappa shape index (κ1) is 14.0. The number of benzene rings is 1. The minimum absolute atomic E-state index is 0. The molecule has 6 heteroatoms. The van der Waals surface area contributed by atoms with Crippen molar-refractivity contribution in [1.29, 1.82) is 0 Å². The van der Waals surface area contributed by atoms with E-state index in [1.807, 2.05) is 24.3 Å². The van der Waals surface area contributed by atoms with Crippen molar-refractivity contribution in [3.05, 3.63) is 42.2 Å². The molecule has 1 N–H and O–H groups in total. The molecule has 0 amide bonds. The van der Waals surface area contributed by atoms with Crippen LogP contribution in [0.1, 0.15) is 18.8 Å². The monoisotopic (exact) mass is 301 g/mol. The Morgan fingerprint density at radius 1 is 1.14 bits per heavy atom. The molecule has 5 nitrogen and oxygen atoms in total. The van der Waals surface area contributed by atoms with E-state index in [4.69, 9.17) is 4.98 Å². The number of pyridine rings is 1. The molecule has 0 spiro atoms. The van der Waals surface area contributed by atoms with Crippen LogP contribution < -0.4 is 5.32 Å². The van der Waals surface area contributed by atoms with Gasteiger partial charge >= 0.3 is 0 Å². The van der Waals surface area contributed by atoms with E-state index in [1.165, 1.54) is 0 Å². The summed E-state index contributed by atoms with van der Waals surface area (Å²) in [5.41, 5.74) is 1.88. The van der Waals surface area contributed by atoms with E-state index >= 15 is 0 Å². The van der Waals surface area contributed by atoms with Gasteiger partial charge in [0.15, 0.2) is 5.82 Å². The van der Waals surface area contributed by atoms with Gasteiger partial charge in [-0.3, -0.25) is 0 Å². The Labute approximate surface area is 128 Å². The standard InChI is InChI=1S/C15H15N5.ClH/c1-10-14-18-19-15(20(14)9-8-16-10)13-7-6-11-4-2-3-5-12(11)17-13;/h2-7,10,16H,8-9H2,1H3;1H. The van der Waals surface area contributed by atoms with Crippen LogP contribution in [0.3, 0.4) is 0 Å². The molecule has 1 unspecified atom stereocenters. The van der Waals surface area contributed by atoms with E-state index in [0.29, 0.717) is 0 Å². The van der Waals surface area contributed by atoms with Gasteiger partial charge in [-0.2, -0.15) is 0 Å². The molecule has 3 aromatic rings. The molecule has 1 aromatic carbocycles. The Morgan fingerprint density at radius 2 is 2.00 bits per heavy atom. The van der Waals surface area contributed by atoms with Crippen molar-refractivity contribution in [3.8, 4) is 11.5 Å². The largest absolute Gasteiger partial charge is 0.307 e. The van der Waals surface area contributed by atoms with Gasteiger partial charge in [0.05, 0.1) is 11.6 Å². The third-order valence-electron chi connectivity index (χ3n) is 3.78. The minimum atomic E-state index is 0. The molecule has 1 aliphatic heterocycles. The van der Waals surface area contributed by atoms with Gasteiger partial charge in [-0.25, -0.2) is 4.98 Å². The van der Waals surface area contributed by atoms with Gasteiger partial charge in [-0.15, -0.1) is 22.6 Å². The summed E-state index contributed by atoms with van der Waals surface area (Å²) < 4.78 is 2.16. The summed E-state index contributed by atoms with van der Waals surface area (Å²) in [4.78, 5) is 4.71. The lowest BCUT2D eigenvalue weighted by Crippen LogP contribution is -2.32. The number of halogens is 1. The molecule has 3 heterocycles. The fraction of sp³-hybridized carbons (Fsp3) is 0.267. The Bertz CT molecular complexity index is 783. The fourth-order valence-corrected chi connectivity index (χ4v) is 2.72. The van der Waals surface area contributed by atoms with Crippen molar-refractivity contribution in [3.63, 3.8) is 0 Å². The normalized spacial score (nSPS) is 17.3. The lowest BCUT2D eigenvalue weighted by atomic mass is 10.2. The maximum absolute atomic E-state index is 4.71. The predicted octanol–water partition coefficient (Wildman–Crippen LogP) is 2.58. The van der Waals surface area contributed by atoms with Gasteiger partial charge in [0, 0.05) is 18.5 Å². The lowest BCUT2D eigenvalue weighted by Gasteiger charge is -2.21. The second kappa shape index (κ2) is 5.42. The van der Waals surface area contributed by atoms with E-state index < -0.39 is 0 Å². The Morgan fingerprint density at radius 3 is 2.90 bits per heavy atom. The van der Waals surface area contributed by atoms with Crippen LogP contribution in [0.2, 0.25) is 0 Å². The third-order valence-corrected chi connectivity index (χ3v) is 3.78. The second-order valence-corrected chi connectivity index (χ2v) is 5.10. The van der Waals surface area contributed by atoms with Crippen LogP contribution in [0.15, 0.2) is 36.4 Å². The van der Waals surface area contributed by atoms with E-state index in [2.05, 4.69) is 39.1 Å². The van der Waals surface area contributed by atoms with Gasteiger partial charge in [-0.1, -0.05) is 24.3 Å².